The molecule has 0 radical (unpaired) electrons. The van der Waals surface area contributed by atoms with E-state index in [2.05, 4.69) is 4.98 Å². The molecular formula is C9H10F3NO2S. The average Bonchev–Trinajstić information content (AvgIpc) is 2.63. The van der Waals surface area contributed by atoms with Gasteiger partial charge in [-0.05, 0) is 0 Å². The number of rotatable bonds is 3. The van der Waals surface area contributed by atoms with E-state index in [1.165, 1.54) is 6.92 Å². The molecule has 0 amide bonds. The van der Waals surface area contributed by atoms with Crippen LogP contribution in [0.4, 0.5) is 13.2 Å². The van der Waals surface area contributed by atoms with Crippen molar-refractivity contribution in [3.8, 4) is 0 Å². The van der Waals surface area contributed by atoms with E-state index in [1.54, 1.807) is 6.92 Å². The summed E-state index contributed by atoms with van der Waals surface area (Å²) >= 11 is 0.494. The zero-order valence-corrected chi connectivity index (χ0v) is 9.39. The zero-order valence-electron chi connectivity index (χ0n) is 8.58. The Morgan fingerprint density at radius 2 is 2.06 bits per heavy atom. The molecular weight excluding hydrogens is 243 g/mol. The van der Waals surface area contributed by atoms with Crippen molar-refractivity contribution in [1.82, 2.24) is 4.98 Å². The Morgan fingerprint density at radius 3 is 2.44 bits per heavy atom. The van der Waals surface area contributed by atoms with Crippen LogP contribution in [-0.2, 0) is 11.0 Å². The smallest absolute Gasteiger partial charge is 0.443 e. The van der Waals surface area contributed by atoms with Crippen molar-refractivity contribution >= 4 is 17.3 Å². The Morgan fingerprint density at radius 1 is 1.50 bits per heavy atom. The molecule has 0 aromatic carbocycles. The van der Waals surface area contributed by atoms with Gasteiger partial charge in [-0.3, -0.25) is 4.79 Å². The highest BCUT2D eigenvalue weighted by Crippen LogP contribution is 2.36. The normalized spacial score (nSPS) is 15.8. The first-order valence-corrected chi connectivity index (χ1v) is 5.31. The summed E-state index contributed by atoms with van der Waals surface area (Å²) in [6.45, 7) is 3.03. The molecule has 2 atom stereocenters. The number of nitrogens with zero attached hydrogens (tertiary/aromatic N) is 1. The van der Waals surface area contributed by atoms with Gasteiger partial charge in [0.15, 0.2) is 5.01 Å². The van der Waals surface area contributed by atoms with Gasteiger partial charge in [0.25, 0.3) is 0 Å². The molecule has 90 valence electrons. The number of aromatic nitrogens is 1. The van der Waals surface area contributed by atoms with Crippen LogP contribution in [0.5, 0.6) is 0 Å². The molecule has 1 rings (SSSR count). The number of aliphatic carboxylic acids is 1. The fourth-order valence-electron chi connectivity index (χ4n) is 1.09. The molecule has 7 heteroatoms. The molecule has 0 aliphatic heterocycles. The lowest BCUT2D eigenvalue weighted by Gasteiger charge is -2.13. The lowest BCUT2D eigenvalue weighted by molar-refractivity contribution is -0.141. The number of carboxylic acid groups (broad SMARTS) is 1. The number of halogens is 3. The topological polar surface area (TPSA) is 50.2 Å². The fraction of sp³-hybridized carbons (Fsp3) is 0.556. The largest absolute Gasteiger partial charge is 0.481 e. The summed E-state index contributed by atoms with van der Waals surface area (Å²) in [6.07, 6.45) is -3.37. The van der Waals surface area contributed by atoms with Gasteiger partial charge in [0.2, 0.25) is 0 Å². The van der Waals surface area contributed by atoms with Gasteiger partial charge in [-0.25, -0.2) is 4.98 Å². The molecule has 3 nitrogen and oxygen atoms in total. The minimum absolute atomic E-state index is 0.335. The summed E-state index contributed by atoms with van der Waals surface area (Å²) in [5, 5.41) is 7.80. The molecule has 0 aliphatic rings. The quantitative estimate of drug-likeness (QED) is 0.900. The Bertz CT molecular complexity index is 388. The Labute approximate surface area is 93.9 Å². The van der Waals surface area contributed by atoms with Crippen LogP contribution in [0.1, 0.15) is 29.7 Å². The van der Waals surface area contributed by atoms with Crippen molar-refractivity contribution in [1.29, 1.82) is 0 Å². The van der Waals surface area contributed by atoms with Gasteiger partial charge in [-0.2, -0.15) is 13.2 Å². The van der Waals surface area contributed by atoms with E-state index in [-0.39, 0.29) is 0 Å². The van der Waals surface area contributed by atoms with E-state index in [9.17, 15) is 18.0 Å². The summed E-state index contributed by atoms with van der Waals surface area (Å²) in [4.78, 5) is 14.3. The molecule has 1 aromatic heterocycles. The number of thiazole rings is 1. The molecule has 1 aromatic rings. The fourth-order valence-corrected chi connectivity index (χ4v) is 2.03. The lowest BCUT2D eigenvalue weighted by Crippen LogP contribution is -2.15. The second-order valence-electron chi connectivity index (χ2n) is 3.48. The van der Waals surface area contributed by atoms with E-state index in [0.29, 0.717) is 16.2 Å². The first-order chi connectivity index (χ1) is 7.23. The summed E-state index contributed by atoms with van der Waals surface area (Å²) in [5.74, 6) is -2.25. The third-order valence-electron chi connectivity index (χ3n) is 2.35. The van der Waals surface area contributed by atoms with Crippen molar-refractivity contribution in [2.75, 3.05) is 0 Å². The molecule has 0 spiro atoms. The third-order valence-corrected chi connectivity index (χ3v) is 3.60. The maximum atomic E-state index is 12.3. The van der Waals surface area contributed by atoms with Gasteiger partial charge in [-0.15, -0.1) is 11.3 Å². The molecule has 0 saturated carbocycles. The van der Waals surface area contributed by atoms with Crippen LogP contribution in [0, 0.1) is 5.92 Å². The maximum Gasteiger partial charge on any atom is 0.443 e. The van der Waals surface area contributed by atoms with Crippen LogP contribution in [0.3, 0.4) is 0 Å². The standard InChI is InChI=1S/C9H10F3NO2S/c1-4(5(2)7(14)15)6-3-13-8(16-6)9(10,11)12/h3-5H,1-2H3,(H,14,15). The van der Waals surface area contributed by atoms with E-state index >= 15 is 0 Å². The molecule has 2 unspecified atom stereocenters. The second kappa shape index (κ2) is 4.40. The Hall–Kier alpha value is -1.11. The molecule has 1 heterocycles. The van der Waals surface area contributed by atoms with Crippen LogP contribution >= 0.6 is 11.3 Å². The highest BCUT2D eigenvalue weighted by atomic mass is 32.1. The minimum Gasteiger partial charge on any atom is -0.481 e. The van der Waals surface area contributed by atoms with Gasteiger partial charge in [0.05, 0.1) is 5.92 Å². The average molecular weight is 253 g/mol. The molecule has 16 heavy (non-hydrogen) atoms. The number of carboxylic acids is 1. The SMILES string of the molecule is CC(C(=O)O)C(C)c1cnc(C(F)(F)F)s1. The number of hydrogen-bond donors (Lipinski definition) is 1. The first kappa shape index (κ1) is 13.0. The van der Waals surface area contributed by atoms with E-state index in [0.717, 1.165) is 6.20 Å². The van der Waals surface area contributed by atoms with Crippen LogP contribution in [0.15, 0.2) is 6.20 Å². The van der Waals surface area contributed by atoms with Gasteiger partial charge < -0.3 is 5.11 Å². The summed E-state index contributed by atoms with van der Waals surface area (Å²) < 4.78 is 36.8. The molecule has 0 saturated heterocycles. The van der Waals surface area contributed by atoms with Crippen LogP contribution in [-0.4, -0.2) is 16.1 Å². The molecule has 0 bridgehead atoms. The number of carbonyl (C=O) groups is 1. The summed E-state index contributed by atoms with van der Waals surface area (Å²) in [7, 11) is 0. The minimum atomic E-state index is -4.46. The molecule has 1 N–H and O–H groups in total. The van der Waals surface area contributed by atoms with E-state index < -0.39 is 29.0 Å². The van der Waals surface area contributed by atoms with Crippen LogP contribution < -0.4 is 0 Å². The number of alkyl halides is 3. The predicted molar refractivity (Wildman–Crippen MR) is 52.3 cm³/mol. The van der Waals surface area contributed by atoms with E-state index in [1.807, 2.05) is 0 Å². The van der Waals surface area contributed by atoms with Crippen molar-refractivity contribution in [2.24, 2.45) is 5.92 Å². The number of hydrogen-bond acceptors (Lipinski definition) is 3. The zero-order chi connectivity index (χ0) is 12.5. The summed E-state index contributed by atoms with van der Waals surface area (Å²) in [6, 6.07) is 0. The third kappa shape index (κ3) is 2.72. The first-order valence-electron chi connectivity index (χ1n) is 4.49. The Kier molecular flexibility index (Phi) is 3.57. The van der Waals surface area contributed by atoms with Gasteiger partial charge in [-0.1, -0.05) is 13.8 Å². The highest BCUT2D eigenvalue weighted by molar-refractivity contribution is 7.11. The maximum absolute atomic E-state index is 12.3. The van der Waals surface area contributed by atoms with Gasteiger partial charge in [0, 0.05) is 17.0 Å². The van der Waals surface area contributed by atoms with E-state index in [4.69, 9.17) is 5.11 Å². The van der Waals surface area contributed by atoms with Crippen molar-refractivity contribution in [3.05, 3.63) is 16.1 Å². The molecule has 0 fully saturated rings. The Balaban J connectivity index is 2.90. The predicted octanol–water partition coefficient (Wildman–Crippen LogP) is 2.99. The van der Waals surface area contributed by atoms with Crippen LogP contribution in [0.2, 0.25) is 0 Å². The van der Waals surface area contributed by atoms with Crippen molar-refractivity contribution < 1.29 is 23.1 Å². The van der Waals surface area contributed by atoms with Gasteiger partial charge >= 0.3 is 12.1 Å². The lowest BCUT2D eigenvalue weighted by atomic mass is 9.95. The van der Waals surface area contributed by atoms with Crippen molar-refractivity contribution in [2.45, 2.75) is 25.9 Å². The second-order valence-corrected chi connectivity index (χ2v) is 4.54. The van der Waals surface area contributed by atoms with Crippen molar-refractivity contribution in [3.63, 3.8) is 0 Å². The highest BCUT2D eigenvalue weighted by Gasteiger charge is 2.35. The van der Waals surface area contributed by atoms with Crippen LogP contribution in [0.25, 0.3) is 0 Å². The monoisotopic (exact) mass is 253 g/mol. The summed E-state index contributed by atoms with van der Waals surface area (Å²) in [5.41, 5.74) is 0. The van der Waals surface area contributed by atoms with Gasteiger partial charge in [0.1, 0.15) is 0 Å². The molecule has 0 aliphatic carbocycles.